The van der Waals surface area contributed by atoms with Crippen molar-refractivity contribution in [2.24, 2.45) is 0 Å². The molecule has 5 heteroatoms. The number of furan rings is 1. The Morgan fingerprint density at radius 1 is 1.42 bits per heavy atom. The average Bonchev–Trinajstić information content (AvgIpc) is 2.89. The molecule has 0 aromatic carbocycles. The lowest BCUT2D eigenvalue weighted by Gasteiger charge is -2.13. The summed E-state index contributed by atoms with van der Waals surface area (Å²) in [5, 5.41) is 3.31. The van der Waals surface area contributed by atoms with Crippen LogP contribution >= 0.6 is 0 Å². The van der Waals surface area contributed by atoms with Crippen LogP contribution in [0.4, 0.5) is 5.82 Å². The highest BCUT2D eigenvalue weighted by Crippen LogP contribution is 2.13. The summed E-state index contributed by atoms with van der Waals surface area (Å²) in [6, 6.07) is 5.89. The number of aromatic nitrogens is 2. The maximum absolute atomic E-state index is 5.47. The van der Waals surface area contributed by atoms with Crippen molar-refractivity contribution in [2.45, 2.75) is 32.7 Å². The Morgan fingerprint density at radius 2 is 2.32 bits per heavy atom. The Balaban J connectivity index is 1.90. The van der Waals surface area contributed by atoms with E-state index in [1.807, 2.05) is 18.2 Å². The second-order valence-electron chi connectivity index (χ2n) is 4.42. The largest absolute Gasteiger partial charge is 0.478 e. The summed E-state index contributed by atoms with van der Waals surface area (Å²) in [7, 11) is 0. The van der Waals surface area contributed by atoms with Gasteiger partial charge in [-0.05, 0) is 25.5 Å². The molecule has 102 valence electrons. The van der Waals surface area contributed by atoms with Crippen molar-refractivity contribution in [2.75, 3.05) is 11.9 Å². The molecule has 0 aliphatic heterocycles. The molecule has 0 aliphatic carbocycles. The molecule has 0 saturated carbocycles. The zero-order chi connectivity index (χ0) is 13.5. The van der Waals surface area contributed by atoms with Gasteiger partial charge in [-0.2, -0.15) is 0 Å². The molecule has 0 amide bonds. The minimum absolute atomic E-state index is 0.222. The molecule has 5 nitrogen and oxygen atoms in total. The van der Waals surface area contributed by atoms with Crippen LogP contribution in [0, 0.1) is 0 Å². The van der Waals surface area contributed by atoms with E-state index in [4.69, 9.17) is 9.15 Å². The van der Waals surface area contributed by atoms with Gasteiger partial charge in [0, 0.05) is 18.5 Å². The van der Waals surface area contributed by atoms with Crippen molar-refractivity contribution in [3.8, 4) is 5.88 Å². The summed E-state index contributed by atoms with van der Waals surface area (Å²) >= 11 is 0. The number of ether oxygens (including phenoxy) is 1. The quantitative estimate of drug-likeness (QED) is 0.830. The molecular weight excluding hydrogens is 242 g/mol. The number of nitrogens with zero attached hydrogens (tertiary/aromatic N) is 2. The van der Waals surface area contributed by atoms with Crippen molar-refractivity contribution in [3.05, 3.63) is 36.5 Å². The van der Waals surface area contributed by atoms with Crippen LogP contribution in [-0.2, 0) is 6.42 Å². The molecule has 19 heavy (non-hydrogen) atoms. The van der Waals surface area contributed by atoms with Crippen LogP contribution in [0.1, 0.15) is 26.0 Å². The van der Waals surface area contributed by atoms with Crippen LogP contribution < -0.4 is 10.1 Å². The summed E-state index contributed by atoms with van der Waals surface area (Å²) in [5.41, 5.74) is 0. The van der Waals surface area contributed by atoms with E-state index in [1.54, 1.807) is 6.26 Å². The Morgan fingerprint density at radius 3 is 3.05 bits per heavy atom. The minimum atomic E-state index is 0.222. The molecule has 2 heterocycles. The maximum Gasteiger partial charge on any atom is 0.218 e. The summed E-state index contributed by atoms with van der Waals surface area (Å²) < 4.78 is 10.8. The van der Waals surface area contributed by atoms with Crippen molar-refractivity contribution < 1.29 is 9.15 Å². The van der Waals surface area contributed by atoms with Gasteiger partial charge in [0.15, 0.2) is 0 Å². The average molecular weight is 261 g/mol. The van der Waals surface area contributed by atoms with Crippen molar-refractivity contribution in [1.29, 1.82) is 0 Å². The van der Waals surface area contributed by atoms with Gasteiger partial charge in [-0.25, -0.2) is 9.97 Å². The van der Waals surface area contributed by atoms with E-state index in [2.05, 4.69) is 29.1 Å². The maximum atomic E-state index is 5.47. The number of nitrogens with one attached hydrogen (secondary N) is 1. The van der Waals surface area contributed by atoms with Gasteiger partial charge in [-0.3, -0.25) is 0 Å². The first-order chi connectivity index (χ1) is 9.28. The predicted molar refractivity (Wildman–Crippen MR) is 73.3 cm³/mol. The molecule has 2 rings (SSSR count). The van der Waals surface area contributed by atoms with E-state index in [0.717, 1.165) is 24.4 Å². The fraction of sp³-hybridized carbons (Fsp3) is 0.429. The standard InChI is InChI=1S/C14H19N3O2/c1-3-6-19-14-9-13(15-10-16-14)17-11(2)8-12-5-4-7-18-12/h4-5,7,9-11H,3,6,8H2,1-2H3,(H,15,16,17). The second-order valence-corrected chi connectivity index (χ2v) is 4.42. The number of hydrogen-bond acceptors (Lipinski definition) is 5. The third kappa shape index (κ3) is 4.28. The first-order valence-electron chi connectivity index (χ1n) is 6.51. The lowest BCUT2D eigenvalue weighted by molar-refractivity contribution is 0.305. The summed E-state index contributed by atoms with van der Waals surface area (Å²) in [5.74, 6) is 2.32. The van der Waals surface area contributed by atoms with Crippen LogP contribution in [0.25, 0.3) is 0 Å². The van der Waals surface area contributed by atoms with Gasteiger partial charge in [-0.1, -0.05) is 6.92 Å². The van der Waals surface area contributed by atoms with Crippen LogP contribution in [0.2, 0.25) is 0 Å². The van der Waals surface area contributed by atoms with Crippen molar-refractivity contribution in [1.82, 2.24) is 9.97 Å². The molecule has 1 atom stereocenters. The highest BCUT2D eigenvalue weighted by molar-refractivity contribution is 5.38. The molecule has 1 N–H and O–H groups in total. The van der Waals surface area contributed by atoms with E-state index in [9.17, 15) is 0 Å². The molecule has 0 aliphatic rings. The van der Waals surface area contributed by atoms with E-state index in [0.29, 0.717) is 12.5 Å². The summed E-state index contributed by atoms with van der Waals surface area (Å²) in [6.07, 6.45) is 4.96. The van der Waals surface area contributed by atoms with Crippen LogP contribution in [0.15, 0.2) is 35.2 Å². The number of hydrogen-bond donors (Lipinski definition) is 1. The van der Waals surface area contributed by atoms with E-state index >= 15 is 0 Å². The first kappa shape index (κ1) is 13.4. The molecule has 2 aromatic heterocycles. The molecule has 0 bridgehead atoms. The van der Waals surface area contributed by atoms with E-state index in [1.165, 1.54) is 6.33 Å². The fourth-order valence-electron chi connectivity index (χ4n) is 1.74. The Kier molecular flexibility index (Phi) is 4.78. The van der Waals surface area contributed by atoms with Crippen molar-refractivity contribution in [3.63, 3.8) is 0 Å². The Hall–Kier alpha value is -2.04. The smallest absolute Gasteiger partial charge is 0.218 e. The Bertz CT molecular complexity index is 485. The normalized spacial score (nSPS) is 12.1. The summed E-state index contributed by atoms with van der Waals surface area (Å²) in [6.45, 7) is 4.81. The lowest BCUT2D eigenvalue weighted by atomic mass is 10.2. The van der Waals surface area contributed by atoms with E-state index in [-0.39, 0.29) is 6.04 Å². The monoisotopic (exact) mass is 261 g/mol. The SMILES string of the molecule is CCCOc1cc(NC(C)Cc2ccco2)ncn1. The molecule has 0 spiro atoms. The topological polar surface area (TPSA) is 60.2 Å². The van der Waals surface area contributed by atoms with Gasteiger partial charge < -0.3 is 14.5 Å². The fourth-order valence-corrected chi connectivity index (χ4v) is 1.74. The van der Waals surface area contributed by atoms with Gasteiger partial charge in [0.2, 0.25) is 5.88 Å². The third-order valence-electron chi connectivity index (χ3n) is 2.58. The molecule has 0 radical (unpaired) electrons. The number of rotatable bonds is 7. The highest BCUT2D eigenvalue weighted by Gasteiger charge is 2.07. The molecule has 1 unspecified atom stereocenters. The molecule has 2 aromatic rings. The third-order valence-corrected chi connectivity index (χ3v) is 2.58. The van der Waals surface area contributed by atoms with Crippen LogP contribution in [-0.4, -0.2) is 22.6 Å². The van der Waals surface area contributed by atoms with Gasteiger partial charge in [0.25, 0.3) is 0 Å². The van der Waals surface area contributed by atoms with Crippen LogP contribution in [0.3, 0.4) is 0 Å². The molecule has 0 saturated heterocycles. The van der Waals surface area contributed by atoms with Gasteiger partial charge in [0.05, 0.1) is 12.9 Å². The van der Waals surface area contributed by atoms with Crippen molar-refractivity contribution >= 4 is 5.82 Å². The highest BCUT2D eigenvalue weighted by atomic mass is 16.5. The zero-order valence-corrected chi connectivity index (χ0v) is 11.3. The molecule has 0 fully saturated rings. The zero-order valence-electron chi connectivity index (χ0n) is 11.3. The van der Waals surface area contributed by atoms with E-state index < -0.39 is 0 Å². The van der Waals surface area contributed by atoms with Crippen LogP contribution in [0.5, 0.6) is 5.88 Å². The minimum Gasteiger partial charge on any atom is -0.478 e. The lowest BCUT2D eigenvalue weighted by Crippen LogP contribution is -2.18. The summed E-state index contributed by atoms with van der Waals surface area (Å²) in [4.78, 5) is 8.25. The number of anilines is 1. The van der Waals surface area contributed by atoms with Gasteiger partial charge >= 0.3 is 0 Å². The predicted octanol–water partition coefficient (Wildman–Crippen LogP) is 2.90. The first-order valence-corrected chi connectivity index (χ1v) is 6.51. The molecular formula is C14H19N3O2. The van der Waals surface area contributed by atoms with Gasteiger partial charge in [0.1, 0.15) is 17.9 Å². The Labute approximate surface area is 113 Å². The van der Waals surface area contributed by atoms with Gasteiger partial charge in [-0.15, -0.1) is 0 Å². The second kappa shape index (κ2) is 6.78.